The van der Waals surface area contributed by atoms with Crippen LogP contribution in [0.25, 0.3) is 0 Å². The lowest BCUT2D eigenvalue weighted by molar-refractivity contribution is 0.187. The molecule has 25 heavy (non-hydrogen) atoms. The largest absolute Gasteiger partial charge is 0.453 e. The van der Waals surface area contributed by atoms with Crippen LogP contribution < -0.4 is 16.0 Å². The molecule has 0 atom stereocenters. The van der Waals surface area contributed by atoms with Gasteiger partial charge in [-0.2, -0.15) is 0 Å². The normalized spacial score (nSPS) is 11.0. The molecule has 1 aromatic carbocycles. The molecule has 1 amide bonds. The third-order valence-corrected chi connectivity index (χ3v) is 3.48. The molecule has 0 bridgehead atoms. The molecular weight excluding hydrogens is 318 g/mol. The third kappa shape index (κ3) is 6.58. The molecule has 0 saturated carbocycles. The molecule has 2 aromatic rings. The lowest BCUT2D eigenvalue weighted by atomic mass is 10.2. The van der Waals surface area contributed by atoms with Crippen molar-refractivity contribution in [2.24, 2.45) is 4.99 Å². The molecule has 0 aliphatic heterocycles. The summed E-state index contributed by atoms with van der Waals surface area (Å²) in [6, 6.07) is 11.5. The van der Waals surface area contributed by atoms with Gasteiger partial charge in [0.2, 0.25) is 0 Å². The molecule has 0 spiro atoms. The zero-order valence-corrected chi connectivity index (χ0v) is 14.7. The molecule has 134 valence electrons. The fraction of sp³-hybridized carbons (Fsp3) is 0.333. The molecule has 7 heteroatoms. The molecule has 1 heterocycles. The van der Waals surface area contributed by atoms with Crippen molar-refractivity contribution < 1.29 is 9.53 Å². The molecule has 0 radical (unpaired) electrons. The van der Waals surface area contributed by atoms with Crippen molar-refractivity contribution in [1.82, 2.24) is 15.2 Å². The van der Waals surface area contributed by atoms with Gasteiger partial charge < -0.3 is 19.9 Å². The second kappa shape index (κ2) is 10.0. The van der Waals surface area contributed by atoms with E-state index < -0.39 is 6.09 Å². The van der Waals surface area contributed by atoms with E-state index in [1.807, 2.05) is 55.7 Å². The predicted molar refractivity (Wildman–Crippen MR) is 99.7 cm³/mol. The SMILES string of the molecule is CCNC(=NCc1ccc(NC(=O)OC)cc1)NCCn1cccc1. The van der Waals surface area contributed by atoms with Crippen LogP contribution in [0.1, 0.15) is 12.5 Å². The number of methoxy groups -OCH3 is 1. The van der Waals surface area contributed by atoms with Crippen molar-refractivity contribution in [3.05, 3.63) is 54.4 Å². The first-order chi connectivity index (χ1) is 12.2. The number of hydrogen-bond donors (Lipinski definition) is 3. The Balaban J connectivity index is 1.85. The number of nitrogens with one attached hydrogen (secondary N) is 3. The topological polar surface area (TPSA) is 79.7 Å². The zero-order chi connectivity index (χ0) is 17.9. The quantitative estimate of drug-likeness (QED) is 0.533. The summed E-state index contributed by atoms with van der Waals surface area (Å²) in [4.78, 5) is 15.7. The molecule has 0 aliphatic rings. The maximum atomic E-state index is 11.2. The van der Waals surface area contributed by atoms with E-state index in [0.717, 1.165) is 31.2 Å². The second-order valence-corrected chi connectivity index (χ2v) is 5.36. The lowest BCUT2D eigenvalue weighted by Crippen LogP contribution is -2.38. The summed E-state index contributed by atoms with van der Waals surface area (Å²) in [6.45, 7) is 5.07. The minimum Gasteiger partial charge on any atom is -0.453 e. The van der Waals surface area contributed by atoms with Gasteiger partial charge in [-0.1, -0.05) is 12.1 Å². The van der Waals surface area contributed by atoms with E-state index in [-0.39, 0.29) is 0 Å². The Kier molecular flexibility index (Phi) is 7.37. The maximum Gasteiger partial charge on any atom is 0.411 e. The van der Waals surface area contributed by atoms with Gasteiger partial charge in [-0.05, 0) is 36.8 Å². The minimum absolute atomic E-state index is 0.480. The molecule has 0 unspecified atom stereocenters. The van der Waals surface area contributed by atoms with Crippen LogP contribution in [-0.2, 0) is 17.8 Å². The Morgan fingerprint density at radius 2 is 1.88 bits per heavy atom. The molecule has 0 aliphatic carbocycles. The Labute approximate surface area is 148 Å². The van der Waals surface area contributed by atoms with Gasteiger partial charge >= 0.3 is 6.09 Å². The van der Waals surface area contributed by atoms with Crippen molar-refractivity contribution in [3.8, 4) is 0 Å². The van der Waals surface area contributed by atoms with Crippen molar-refractivity contribution in [2.45, 2.75) is 20.0 Å². The standard InChI is InChI=1S/C18H25N5O2/c1-3-19-17(20-10-13-23-11-4-5-12-23)21-14-15-6-8-16(9-7-15)22-18(24)25-2/h4-9,11-12H,3,10,13-14H2,1-2H3,(H,22,24)(H2,19,20,21). The fourth-order valence-electron chi connectivity index (χ4n) is 2.20. The first-order valence-electron chi connectivity index (χ1n) is 8.28. The molecule has 3 N–H and O–H groups in total. The van der Waals surface area contributed by atoms with E-state index in [4.69, 9.17) is 0 Å². The summed E-state index contributed by atoms with van der Waals surface area (Å²) in [5.41, 5.74) is 1.74. The Morgan fingerprint density at radius 1 is 1.16 bits per heavy atom. The van der Waals surface area contributed by atoms with Crippen LogP contribution in [0.3, 0.4) is 0 Å². The van der Waals surface area contributed by atoms with Gasteiger partial charge in [0.15, 0.2) is 5.96 Å². The summed E-state index contributed by atoms with van der Waals surface area (Å²) < 4.78 is 6.68. The lowest BCUT2D eigenvalue weighted by Gasteiger charge is -2.12. The van der Waals surface area contributed by atoms with E-state index in [0.29, 0.717) is 12.2 Å². The molecule has 0 fully saturated rings. The van der Waals surface area contributed by atoms with Crippen LogP contribution in [0.15, 0.2) is 53.8 Å². The van der Waals surface area contributed by atoms with Crippen LogP contribution in [0.5, 0.6) is 0 Å². The van der Waals surface area contributed by atoms with Gasteiger partial charge in [0.25, 0.3) is 0 Å². The van der Waals surface area contributed by atoms with Crippen LogP contribution in [0, 0.1) is 0 Å². The summed E-state index contributed by atoms with van der Waals surface area (Å²) >= 11 is 0. The van der Waals surface area contributed by atoms with Crippen molar-refractivity contribution in [2.75, 3.05) is 25.5 Å². The average Bonchev–Trinajstić information content (AvgIpc) is 3.14. The second-order valence-electron chi connectivity index (χ2n) is 5.36. The summed E-state index contributed by atoms with van der Waals surface area (Å²) in [5, 5.41) is 9.17. The minimum atomic E-state index is -0.480. The molecule has 2 rings (SSSR count). The first kappa shape index (κ1) is 18.4. The van der Waals surface area contributed by atoms with Crippen LogP contribution >= 0.6 is 0 Å². The number of ether oxygens (including phenoxy) is 1. The summed E-state index contributed by atoms with van der Waals surface area (Å²) in [6.07, 6.45) is 3.60. The van der Waals surface area contributed by atoms with E-state index in [1.54, 1.807) is 0 Å². The highest BCUT2D eigenvalue weighted by atomic mass is 16.5. The number of anilines is 1. The number of amides is 1. The van der Waals surface area contributed by atoms with Crippen molar-refractivity contribution >= 4 is 17.7 Å². The summed E-state index contributed by atoms with van der Waals surface area (Å²) in [5.74, 6) is 0.784. The maximum absolute atomic E-state index is 11.2. The third-order valence-electron chi connectivity index (χ3n) is 3.48. The molecule has 0 saturated heterocycles. The number of aliphatic imine (C=N–C) groups is 1. The Hall–Kier alpha value is -2.96. The number of rotatable bonds is 7. The monoisotopic (exact) mass is 343 g/mol. The summed E-state index contributed by atoms with van der Waals surface area (Å²) in [7, 11) is 1.34. The number of hydrogen-bond acceptors (Lipinski definition) is 3. The molecule has 1 aromatic heterocycles. The number of guanidine groups is 1. The first-order valence-corrected chi connectivity index (χ1v) is 8.28. The number of carbonyl (C=O) groups excluding carboxylic acids is 1. The number of carbonyl (C=O) groups is 1. The molecule has 7 nitrogen and oxygen atoms in total. The van der Waals surface area contributed by atoms with E-state index in [1.165, 1.54) is 7.11 Å². The van der Waals surface area contributed by atoms with Crippen LogP contribution in [-0.4, -0.2) is 36.8 Å². The number of aromatic nitrogens is 1. The molecular formula is C18H25N5O2. The Morgan fingerprint density at radius 3 is 2.52 bits per heavy atom. The van der Waals surface area contributed by atoms with E-state index >= 15 is 0 Å². The highest BCUT2D eigenvalue weighted by Crippen LogP contribution is 2.10. The van der Waals surface area contributed by atoms with Gasteiger partial charge in [0, 0.05) is 37.7 Å². The highest BCUT2D eigenvalue weighted by Gasteiger charge is 2.01. The van der Waals surface area contributed by atoms with E-state index in [2.05, 4.69) is 30.2 Å². The van der Waals surface area contributed by atoms with Crippen LogP contribution in [0.4, 0.5) is 10.5 Å². The highest BCUT2D eigenvalue weighted by molar-refractivity contribution is 5.84. The predicted octanol–water partition coefficient (Wildman–Crippen LogP) is 2.42. The smallest absolute Gasteiger partial charge is 0.411 e. The van der Waals surface area contributed by atoms with Gasteiger partial charge in [-0.15, -0.1) is 0 Å². The van der Waals surface area contributed by atoms with E-state index in [9.17, 15) is 4.79 Å². The number of nitrogens with zero attached hydrogens (tertiary/aromatic N) is 2. The Bertz CT molecular complexity index is 665. The van der Waals surface area contributed by atoms with Gasteiger partial charge in [-0.25, -0.2) is 9.79 Å². The van der Waals surface area contributed by atoms with Gasteiger partial charge in [0.1, 0.15) is 0 Å². The van der Waals surface area contributed by atoms with Crippen LogP contribution in [0.2, 0.25) is 0 Å². The van der Waals surface area contributed by atoms with Crippen molar-refractivity contribution in [3.63, 3.8) is 0 Å². The van der Waals surface area contributed by atoms with Gasteiger partial charge in [-0.3, -0.25) is 5.32 Å². The van der Waals surface area contributed by atoms with Crippen molar-refractivity contribution in [1.29, 1.82) is 0 Å². The number of benzene rings is 1. The average molecular weight is 343 g/mol. The fourth-order valence-corrected chi connectivity index (χ4v) is 2.20. The zero-order valence-electron chi connectivity index (χ0n) is 14.7. The van der Waals surface area contributed by atoms with Gasteiger partial charge in [0.05, 0.1) is 13.7 Å².